The van der Waals surface area contributed by atoms with Crippen molar-refractivity contribution < 1.29 is 14.9 Å². The molecular weight excluding hydrogens is 230 g/mol. The molecule has 94 valence electrons. The molecule has 2 aromatic rings. The third kappa shape index (κ3) is 2.60. The zero-order valence-corrected chi connectivity index (χ0v) is 10.1. The lowest BCUT2D eigenvalue weighted by molar-refractivity contribution is 0.126. The minimum Gasteiger partial charge on any atom is -0.504 e. The maximum Gasteiger partial charge on any atom is 0.165 e. The average molecular weight is 245 g/mol. The zero-order chi connectivity index (χ0) is 13.0. The molecule has 0 spiro atoms. The van der Waals surface area contributed by atoms with E-state index < -0.39 is 0 Å². The fraction of sp³-hybridized carbons (Fsp3) is 0.214. The van der Waals surface area contributed by atoms with Crippen molar-refractivity contribution >= 4 is 0 Å². The quantitative estimate of drug-likeness (QED) is 0.867. The standard InChI is InChI=1S/C14H15NO3/c1-10(9-16)18-13-4-2-3-12(14(13)17)11-5-7-15-8-6-11/h2-8,10,16-17H,9H2,1H3. The third-order valence-electron chi connectivity index (χ3n) is 2.58. The molecule has 1 aromatic carbocycles. The van der Waals surface area contributed by atoms with Crippen molar-refractivity contribution in [2.45, 2.75) is 13.0 Å². The zero-order valence-electron chi connectivity index (χ0n) is 10.1. The van der Waals surface area contributed by atoms with Crippen LogP contribution in [0.25, 0.3) is 11.1 Å². The summed E-state index contributed by atoms with van der Waals surface area (Å²) in [5, 5.41) is 19.1. The molecule has 1 unspecified atom stereocenters. The number of aromatic hydroxyl groups is 1. The Morgan fingerprint density at radius 2 is 1.94 bits per heavy atom. The van der Waals surface area contributed by atoms with E-state index in [0.29, 0.717) is 11.3 Å². The highest BCUT2D eigenvalue weighted by atomic mass is 16.5. The maximum atomic E-state index is 10.2. The van der Waals surface area contributed by atoms with Crippen LogP contribution in [-0.2, 0) is 0 Å². The van der Waals surface area contributed by atoms with Gasteiger partial charge in [-0.25, -0.2) is 0 Å². The second-order valence-corrected chi connectivity index (χ2v) is 4.00. The second kappa shape index (κ2) is 5.51. The maximum absolute atomic E-state index is 10.2. The van der Waals surface area contributed by atoms with Gasteiger partial charge >= 0.3 is 0 Å². The predicted octanol–water partition coefficient (Wildman–Crippen LogP) is 2.21. The van der Waals surface area contributed by atoms with Crippen molar-refractivity contribution in [1.29, 1.82) is 0 Å². The van der Waals surface area contributed by atoms with Gasteiger partial charge in [-0.1, -0.05) is 12.1 Å². The molecule has 0 saturated heterocycles. The highest BCUT2D eigenvalue weighted by Crippen LogP contribution is 2.37. The fourth-order valence-corrected chi connectivity index (χ4v) is 1.64. The summed E-state index contributed by atoms with van der Waals surface area (Å²) in [6.45, 7) is 1.64. The summed E-state index contributed by atoms with van der Waals surface area (Å²) in [6, 6.07) is 8.91. The summed E-state index contributed by atoms with van der Waals surface area (Å²) in [5.74, 6) is 0.440. The van der Waals surface area contributed by atoms with Crippen molar-refractivity contribution in [3.8, 4) is 22.6 Å². The lowest BCUT2D eigenvalue weighted by atomic mass is 10.1. The Labute approximate surface area is 106 Å². The Morgan fingerprint density at radius 3 is 2.61 bits per heavy atom. The van der Waals surface area contributed by atoms with Crippen LogP contribution in [0.3, 0.4) is 0 Å². The molecule has 0 bridgehead atoms. The number of para-hydroxylation sites is 1. The highest BCUT2D eigenvalue weighted by molar-refractivity contribution is 5.72. The van der Waals surface area contributed by atoms with E-state index in [1.54, 1.807) is 37.5 Å². The summed E-state index contributed by atoms with van der Waals surface area (Å²) in [4.78, 5) is 3.94. The molecule has 0 amide bonds. The smallest absolute Gasteiger partial charge is 0.165 e. The fourth-order valence-electron chi connectivity index (χ4n) is 1.64. The number of hydrogen-bond donors (Lipinski definition) is 2. The summed E-state index contributed by atoms with van der Waals surface area (Å²) >= 11 is 0. The van der Waals surface area contributed by atoms with E-state index in [9.17, 15) is 5.11 Å². The molecule has 1 atom stereocenters. The molecule has 2 N–H and O–H groups in total. The van der Waals surface area contributed by atoms with E-state index in [1.807, 2.05) is 12.1 Å². The first-order chi connectivity index (χ1) is 8.72. The van der Waals surface area contributed by atoms with Crippen LogP contribution in [0.5, 0.6) is 11.5 Å². The van der Waals surface area contributed by atoms with Gasteiger partial charge in [0.2, 0.25) is 0 Å². The second-order valence-electron chi connectivity index (χ2n) is 4.00. The number of rotatable bonds is 4. The largest absolute Gasteiger partial charge is 0.504 e. The number of ether oxygens (including phenoxy) is 1. The van der Waals surface area contributed by atoms with Gasteiger partial charge in [0.25, 0.3) is 0 Å². The summed E-state index contributed by atoms with van der Waals surface area (Å²) in [6.07, 6.45) is 2.97. The van der Waals surface area contributed by atoms with Crippen LogP contribution in [0.15, 0.2) is 42.7 Å². The molecule has 1 aromatic heterocycles. The van der Waals surface area contributed by atoms with Gasteiger partial charge in [0.1, 0.15) is 6.10 Å². The molecule has 0 fully saturated rings. The first-order valence-corrected chi connectivity index (χ1v) is 5.72. The van der Waals surface area contributed by atoms with Gasteiger partial charge in [-0.3, -0.25) is 4.98 Å². The SMILES string of the molecule is CC(CO)Oc1cccc(-c2ccncc2)c1O. The number of aliphatic hydroxyl groups is 1. The molecule has 2 rings (SSSR count). The van der Waals surface area contributed by atoms with Crippen molar-refractivity contribution in [2.24, 2.45) is 0 Å². The van der Waals surface area contributed by atoms with Crippen LogP contribution in [0.2, 0.25) is 0 Å². The Morgan fingerprint density at radius 1 is 1.22 bits per heavy atom. The number of phenolic OH excluding ortho intramolecular Hbond substituents is 1. The number of nitrogens with zero attached hydrogens (tertiary/aromatic N) is 1. The topological polar surface area (TPSA) is 62.6 Å². The third-order valence-corrected chi connectivity index (χ3v) is 2.58. The van der Waals surface area contributed by atoms with Crippen LogP contribution in [-0.4, -0.2) is 27.9 Å². The molecule has 0 radical (unpaired) electrons. The lowest BCUT2D eigenvalue weighted by Crippen LogP contribution is -2.16. The molecule has 0 aliphatic carbocycles. The molecule has 4 nitrogen and oxygen atoms in total. The minimum absolute atomic E-state index is 0.0731. The van der Waals surface area contributed by atoms with Crippen LogP contribution in [0.4, 0.5) is 0 Å². The molecule has 4 heteroatoms. The van der Waals surface area contributed by atoms with Crippen molar-refractivity contribution in [3.05, 3.63) is 42.7 Å². The van der Waals surface area contributed by atoms with Crippen molar-refractivity contribution in [1.82, 2.24) is 4.98 Å². The predicted molar refractivity (Wildman–Crippen MR) is 68.5 cm³/mol. The number of benzene rings is 1. The normalized spacial score (nSPS) is 12.1. The molecule has 0 aliphatic heterocycles. The van der Waals surface area contributed by atoms with E-state index in [4.69, 9.17) is 9.84 Å². The Kier molecular flexibility index (Phi) is 3.79. The van der Waals surface area contributed by atoms with Gasteiger partial charge < -0.3 is 14.9 Å². The van der Waals surface area contributed by atoms with E-state index >= 15 is 0 Å². The number of aliphatic hydroxyl groups excluding tert-OH is 1. The molecule has 0 aliphatic rings. The first-order valence-electron chi connectivity index (χ1n) is 5.72. The van der Waals surface area contributed by atoms with E-state index in [2.05, 4.69) is 4.98 Å². The number of pyridine rings is 1. The van der Waals surface area contributed by atoms with E-state index in [-0.39, 0.29) is 18.5 Å². The summed E-state index contributed by atoms with van der Waals surface area (Å²) in [5.41, 5.74) is 1.55. The van der Waals surface area contributed by atoms with Crippen LogP contribution >= 0.6 is 0 Å². The molecule has 0 saturated carbocycles. The van der Waals surface area contributed by atoms with Gasteiger partial charge in [0, 0.05) is 18.0 Å². The molecule has 18 heavy (non-hydrogen) atoms. The molecule has 1 heterocycles. The van der Waals surface area contributed by atoms with Crippen molar-refractivity contribution in [3.63, 3.8) is 0 Å². The number of aromatic nitrogens is 1. The minimum atomic E-state index is -0.358. The highest BCUT2D eigenvalue weighted by Gasteiger charge is 2.12. The van der Waals surface area contributed by atoms with Gasteiger partial charge in [-0.2, -0.15) is 0 Å². The van der Waals surface area contributed by atoms with Crippen LogP contribution in [0, 0.1) is 0 Å². The summed E-state index contributed by atoms with van der Waals surface area (Å²) in [7, 11) is 0. The Bertz CT molecular complexity index is 514. The monoisotopic (exact) mass is 245 g/mol. The Hall–Kier alpha value is -2.07. The average Bonchev–Trinajstić information content (AvgIpc) is 2.42. The van der Waals surface area contributed by atoms with E-state index in [0.717, 1.165) is 5.56 Å². The van der Waals surface area contributed by atoms with Gasteiger partial charge in [-0.15, -0.1) is 0 Å². The summed E-state index contributed by atoms with van der Waals surface area (Å²) < 4.78 is 5.44. The van der Waals surface area contributed by atoms with Gasteiger partial charge in [-0.05, 0) is 30.7 Å². The number of hydrogen-bond acceptors (Lipinski definition) is 4. The molecular formula is C14H15NO3. The van der Waals surface area contributed by atoms with Gasteiger partial charge in [0.05, 0.1) is 6.61 Å². The van der Waals surface area contributed by atoms with E-state index in [1.165, 1.54) is 0 Å². The lowest BCUT2D eigenvalue weighted by Gasteiger charge is -2.15. The Balaban J connectivity index is 2.36. The van der Waals surface area contributed by atoms with Crippen LogP contribution in [0.1, 0.15) is 6.92 Å². The first kappa shape index (κ1) is 12.4. The van der Waals surface area contributed by atoms with Crippen LogP contribution < -0.4 is 4.74 Å². The number of phenols is 1. The van der Waals surface area contributed by atoms with Gasteiger partial charge in [0.15, 0.2) is 11.5 Å². The van der Waals surface area contributed by atoms with Crippen molar-refractivity contribution in [2.75, 3.05) is 6.61 Å².